The van der Waals surface area contributed by atoms with Crippen molar-refractivity contribution in [3.05, 3.63) is 40.8 Å². The maximum Gasteiger partial charge on any atom is 0.203 e. The summed E-state index contributed by atoms with van der Waals surface area (Å²) in [6.45, 7) is 3.66. The molecule has 2 aliphatic heterocycles. The molecule has 1 aromatic carbocycles. The van der Waals surface area contributed by atoms with Crippen LogP contribution in [0.3, 0.4) is 0 Å². The molecule has 2 heterocycles. The summed E-state index contributed by atoms with van der Waals surface area (Å²) in [6, 6.07) is 1.99. The lowest BCUT2D eigenvalue weighted by molar-refractivity contribution is 0.161. The monoisotopic (exact) mass is 356 g/mol. The smallest absolute Gasteiger partial charge is 0.203 e. The average Bonchev–Trinajstić information content (AvgIpc) is 2.72. The number of nitrogens with zero attached hydrogens (tertiary/aromatic N) is 1. The number of nitrogens with one attached hydrogen (secondary N) is 1. The second-order valence-corrected chi connectivity index (χ2v) is 6.35. The Morgan fingerprint density at radius 2 is 1.81 bits per heavy atom. The fourth-order valence-electron chi connectivity index (χ4n) is 3.76. The van der Waals surface area contributed by atoms with Gasteiger partial charge in [0.15, 0.2) is 17.4 Å². The van der Waals surface area contributed by atoms with Gasteiger partial charge in [0.25, 0.3) is 0 Å². The van der Waals surface area contributed by atoms with Gasteiger partial charge in [-0.05, 0) is 12.1 Å². The zero-order valence-corrected chi connectivity index (χ0v) is 15.4. The first-order valence-electron chi connectivity index (χ1n) is 8.83. The van der Waals surface area contributed by atoms with Gasteiger partial charge in [0.2, 0.25) is 5.75 Å². The number of ether oxygens (including phenoxy) is 4. The number of hydrogen-bond acceptors (Lipinski definition) is 6. The van der Waals surface area contributed by atoms with Crippen molar-refractivity contribution in [2.45, 2.75) is 6.10 Å². The number of methoxy groups -OCH3 is 3. The summed E-state index contributed by atoms with van der Waals surface area (Å²) in [5.74, 6) is 2.78. The van der Waals surface area contributed by atoms with E-state index in [0.29, 0.717) is 17.2 Å². The van der Waals surface area contributed by atoms with E-state index in [2.05, 4.69) is 22.4 Å². The van der Waals surface area contributed by atoms with Gasteiger partial charge in [0.05, 0.1) is 21.3 Å². The lowest BCUT2D eigenvalue weighted by atomic mass is 9.97. The molecular formula is C20H24N2O4. The van der Waals surface area contributed by atoms with Gasteiger partial charge in [-0.1, -0.05) is 18.2 Å². The zero-order chi connectivity index (χ0) is 18.1. The van der Waals surface area contributed by atoms with Gasteiger partial charge in [0, 0.05) is 42.2 Å². The van der Waals surface area contributed by atoms with Crippen LogP contribution in [0.15, 0.2) is 30.4 Å². The first-order valence-corrected chi connectivity index (χ1v) is 8.83. The lowest BCUT2D eigenvalue weighted by Gasteiger charge is -2.35. The number of rotatable bonds is 4. The summed E-state index contributed by atoms with van der Waals surface area (Å²) in [6.07, 6.45) is 8.04. The predicted molar refractivity (Wildman–Crippen MR) is 99.8 cm³/mol. The highest BCUT2D eigenvalue weighted by Gasteiger charge is 2.29. The van der Waals surface area contributed by atoms with E-state index in [-0.39, 0.29) is 6.10 Å². The van der Waals surface area contributed by atoms with E-state index in [9.17, 15) is 0 Å². The number of piperazine rings is 1. The molecule has 6 nitrogen and oxygen atoms in total. The van der Waals surface area contributed by atoms with E-state index in [1.54, 1.807) is 21.3 Å². The van der Waals surface area contributed by atoms with Crippen molar-refractivity contribution in [3.63, 3.8) is 0 Å². The Kier molecular flexibility index (Phi) is 4.51. The molecule has 1 saturated heterocycles. The second kappa shape index (κ2) is 6.96. The van der Waals surface area contributed by atoms with Gasteiger partial charge < -0.3 is 29.2 Å². The van der Waals surface area contributed by atoms with Crippen molar-refractivity contribution in [2.75, 3.05) is 47.5 Å². The lowest BCUT2D eigenvalue weighted by Crippen LogP contribution is -2.49. The number of benzene rings is 1. The Hall–Kier alpha value is -2.60. The van der Waals surface area contributed by atoms with Crippen LogP contribution in [-0.4, -0.2) is 58.5 Å². The van der Waals surface area contributed by atoms with Crippen molar-refractivity contribution >= 4 is 11.5 Å². The molecule has 0 aromatic heterocycles. The summed E-state index contributed by atoms with van der Waals surface area (Å²) in [7, 11) is 4.93. The summed E-state index contributed by atoms with van der Waals surface area (Å²) < 4.78 is 23.4. The standard InChI is InChI=1S/C20H24N2O4/c1-23-16-12-14-17(19(25-3)18(16)24-2)13-6-4-5-7-15(13)26-20(14)22-10-8-21-9-11-22/h4-7,12,15,21H,8-11H2,1-3H3. The van der Waals surface area contributed by atoms with Gasteiger partial charge in [-0.25, -0.2) is 0 Å². The summed E-state index contributed by atoms with van der Waals surface area (Å²) >= 11 is 0. The van der Waals surface area contributed by atoms with Gasteiger partial charge in [-0.3, -0.25) is 0 Å². The first-order chi connectivity index (χ1) is 12.8. The van der Waals surface area contributed by atoms with Crippen LogP contribution in [0.1, 0.15) is 0 Å². The highest BCUT2D eigenvalue weighted by Crippen LogP contribution is 2.35. The summed E-state index contributed by atoms with van der Waals surface area (Å²) in [5.41, 5.74) is 1.07. The molecule has 0 bridgehead atoms. The molecule has 1 N–H and O–H groups in total. The van der Waals surface area contributed by atoms with E-state index in [4.69, 9.17) is 18.9 Å². The number of fused-ring (bicyclic) bond motifs is 2. The van der Waals surface area contributed by atoms with Crippen molar-refractivity contribution in [1.29, 1.82) is 0 Å². The van der Waals surface area contributed by atoms with Crippen LogP contribution < -0.4 is 30.0 Å². The molecule has 4 rings (SSSR count). The predicted octanol–water partition coefficient (Wildman–Crippen LogP) is 0.359. The normalized spacial score (nSPS) is 21.0. The van der Waals surface area contributed by atoms with E-state index in [1.165, 1.54) is 0 Å². The van der Waals surface area contributed by atoms with Crippen LogP contribution in [-0.2, 0) is 4.74 Å². The Bertz CT molecular complexity index is 882. The fourth-order valence-corrected chi connectivity index (χ4v) is 3.76. The van der Waals surface area contributed by atoms with E-state index < -0.39 is 0 Å². The third-order valence-electron chi connectivity index (χ3n) is 4.97. The Balaban J connectivity index is 2.09. The molecular weight excluding hydrogens is 332 g/mol. The highest BCUT2D eigenvalue weighted by molar-refractivity contribution is 5.73. The second-order valence-electron chi connectivity index (χ2n) is 6.35. The average molecular weight is 356 g/mol. The maximum absolute atomic E-state index is 6.42. The molecule has 6 heteroatoms. The topological polar surface area (TPSA) is 52.2 Å². The third-order valence-corrected chi connectivity index (χ3v) is 4.97. The number of allylic oxidation sites excluding steroid dienone is 2. The molecule has 0 saturated carbocycles. The summed E-state index contributed by atoms with van der Waals surface area (Å²) in [4.78, 5) is 2.28. The van der Waals surface area contributed by atoms with Crippen LogP contribution in [0.25, 0.3) is 11.5 Å². The van der Waals surface area contributed by atoms with Crippen molar-refractivity contribution in [2.24, 2.45) is 0 Å². The van der Waals surface area contributed by atoms with Gasteiger partial charge in [-0.2, -0.15) is 0 Å². The van der Waals surface area contributed by atoms with Gasteiger partial charge in [0.1, 0.15) is 6.10 Å². The molecule has 1 aliphatic carbocycles. The van der Waals surface area contributed by atoms with Crippen LogP contribution in [0.4, 0.5) is 0 Å². The molecule has 0 spiro atoms. The fraction of sp³-hybridized carbons (Fsp3) is 0.400. The molecule has 1 fully saturated rings. The maximum atomic E-state index is 6.42. The minimum atomic E-state index is -0.135. The molecule has 138 valence electrons. The van der Waals surface area contributed by atoms with Gasteiger partial charge in [-0.15, -0.1) is 0 Å². The molecule has 1 atom stereocenters. The molecule has 3 aliphatic rings. The molecule has 0 radical (unpaired) electrons. The zero-order valence-electron chi connectivity index (χ0n) is 15.4. The Morgan fingerprint density at radius 1 is 1.04 bits per heavy atom. The van der Waals surface area contributed by atoms with Crippen LogP contribution >= 0.6 is 0 Å². The minimum absolute atomic E-state index is 0.135. The molecule has 0 amide bonds. The SMILES string of the molecule is COc1cc2c(c(OC)c1OC)=C1C=CC=CC1OC=2N1CCNCC1. The third kappa shape index (κ3) is 2.61. The minimum Gasteiger partial charge on any atom is -0.493 e. The molecule has 1 aromatic rings. The largest absolute Gasteiger partial charge is 0.493 e. The molecule has 26 heavy (non-hydrogen) atoms. The van der Waals surface area contributed by atoms with Gasteiger partial charge >= 0.3 is 0 Å². The van der Waals surface area contributed by atoms with E-state index in [1.807, 2.05) is 18.2 Å². The quantitative estimate of drug-likeness (QED) is 0.841. The Morgan fingerprint density at radius 3 is 2.50 bits per heavy atom. The Labute approximate surface area is 153 Å². The van der Waals surface area contributed by atoms with E-state index >= 15 is 0 Å². The van der Waals surface area contributed by atoms with Crippen LogP contribution in [0.5, 0.6) is 17.2 Å². The number of hydrogen-bond donors (Lipinski definition) is 1. The van der Waals surface area contributed by atoms with Crippen molar-refractivity contribution < 1.29 is 18.9 Å². The van der Waals surface area contributed by atoms with Crippen molar-refractivity contribution in [3.8, 4) is 17.2 Å². The van der Waals surface area contributed by atoms with E-state index in [0.717, 1.165) is 48.1 Å². The highest BCUT2D eigenvalue weighted by atomic mass is 16.5. The van der Waals surface area contributed by atoms with Crippen LogP contribution in [0, 0.1) is 0 Å². The van der Waals surface area contributed by atoms with Crippen LogP contribution in [0.2, 0.25) is 0 Å². The first kappa shape index (κ1) is 16.8. The van der Waals surface area contributed by atoms with Crippen molar-refractivity contribution in [1.82, 2.24) is 10.2 Å². The molecule has 1 unspecified atom stereocenters. The summed E-state index contributed by atoms with van der Waals surface area (Å²) in [5, 5.41) is 5.38.